The number of carbonyl (C=O) groups excluding carboxylic acids is 2. The lowest BCUT2D eigenvalue weighted by Gasteiger charge is -2.23. The summed E-state index contributed by atoms with van der Waals surface area (Å²) in [5.41, 5.74) is 4.19. The van der Waals surface area contributed by atoms with Gasteiger partial charge in [0.05, 0.1) is 17.9 Å². The lowest BCUT2D eigenvalue weighted by Crippen LogP contribution is -2.38. The molecule has 7 heteroatoms. The van der Waals surface area contributed by atoms with Crippen molar-refractivity contribution in [2.24, 2.45) is 17.3 Å². The molecule has 0 bridgehead atoms. The number of aliphatic carboxylic acids is 1. The minimum Gasteiger partial charge on any atom is -0.481 e. The van der Waals surface area contributed by atoms with Crippen molar-refractivity contribution in [2.75, 3.05) is 19.7 Å². The third-order valence-corrected chi connectivity index (χ3v) is 7.60. The summed E-state index contributed by atoms with van der Waals surface area (Å²) >= 11 is 0. The summed E-state index contributed by atoms with van der Waals surface area (Å²) in [6.45, 7) is 4.63. The fraction of sp³-hybridized carbons (Fsp3) is 0.393. The lowest BCUT2D eigenvalue weighted by molar-refractivity contribution is -0.144. The van der Waals surface area contributed by atoms with Crippen LogP contribution in [0, 0.1) is 17.3 Å². The van der Waals surface area contributed by atoms with Gasteiger partial charge in [-0.2, -0.15) is 0 Å². The largest absolute Gasteiger partial charge is 0.481 e. The second-order valence-corrected chi connectivity index (χ2v) is 10.4. The summed E-state index contributed by atoms with van der Waals surface area (Å²) in [6.07, 6.45) is 3.55. The van der Waals surface area contributed by atoms with Crippen LogP contribution in [-0.2, 0) is 14.3 Å². The van der Waals surface area contributed by atoms with Crippen LogP contribution in [0.2, 0.25) is 0 Å². The summed E-state index contributed by atoms with van der Waals surface area (Å²) in [4.78, 5) is 38.8. The van der Waals surface area contributed by atoms with Crippen LogP contribution in [-0.4, -0.2) is 53.7 Å². The molecular weight excluding hydrogens is 444 g/mol. The van der Waals surface area contributed by atoms with Gasteiger partial charge < -0.3 is 20.1 Å². The SMILES string of the molecule is CC1(C)CN(C(=O)C2C=CC(NC(=O)OCC3c4ccccc4-c4ccccc43)C2)CC1C(=O)O. The maximum Gasteiger partial charge on any atom is 0.407 e. The highest BCUT2D eigenvalue weighted by Gasteiger charge is 2.46. The molecule has 7 nitrogen and oxygen atoms in total. The van der Waals surface area contributed by atoms with Gasteiger partial charge in [0.15, 0.2) is 0 Å². The molecule has 3 unspecified atom stereocenters. The zero-order chi connectivity index (χ0) is 24.7. The summed E-state index contributed by atoms with van der Waals surface area (Å²) in [7, 11) is 0. The Morgan fingerprint density at radius 1 is 1.03 bits per heavy atom. The second-order valence-electron chi connectivity index (χ2n) is 10.4. The summed E-state index contributed by atoms with van der Waals surface area (Å²) < 4.78 is 5.62. The number of nitrogens with one attached hydrogen (secondary N) is 1. The Morgan fingerprint density at radius 3 is 2.26 bits per heavy atom. The Morgan fingerprint density at radius 2 is 1.66 bits per heavy atom. The molecule has 2 aromatic rings. The predicted octanol–water partition coefficient (Wildman–Crippen LogP) is 4.04. The van der Waals surface area contributed by atoms with Crippen molar-refractivity contribution < 1.29 is 24.2 Å². The van der Waals surface area contributed by atoms with Crippen LogP contribution < -0.4 is 5.32 Å². The third kappa shape index (κ3) is 4.31. The molecule has 2 amide bonds. The third-order valence-electron chi connectivity index (χ3n) is 7.60. The molecule has 3 atom stereocenters. The van der Waals surface area contributed by atoms with Gasteiger partial charge in [-0.15, -0.1) is 0 Å². The quantitative estimate of drug-likeness (QED) is 0.638. The van der Waals surface area contributed by atoms with Crippen molar-refractivity contribution in [1.29, 1.82) is 0 Å². The number of ether oxygens (including phenoxy) is 1. The van der Waals surface area contributed by atoms with E-state index in [9.17, 15) is 19.5 Å². The number of carboxylic acids is 1. The molecule has 2 aromatic carbocycles. The minimum absolute atomic E-state index is 0.0118. The number of likely N-dealkylation sites (tertiary alicyclic amines) is 1. The highest BCUT2D eigenvalue weighted by Crippen LogP contribution is 2.44. The van der Waals surface area contributed by atoms with Crippen molar-refractivity contribution in [3.05, 3.63) is 71.8 Å². The van der Waals surface area contributed by atoms with E-state index in [0.717, 1.165) is 11.1 Å². The predicted molar refractivity (Wildman–Crippen MR) is 131 cm³/mol. The molecule has 1 fully saturated rings. The van der Waals surface area contributed by atoms with Crippen molar-refractivity contribution in [2.45, 2.75) is 32.2 Å². The van der Waals surface area contributed by atoms with Gasteiger partial charge in [0.2, 0.25) is 5.91 Å². The highest BCUT2D eigenvalue weighted by molar-refractivity contribution is 5.83. The number of nitrogens with zero attached hydrogens (tertiary/aromatic N) is 1. The van der Waals surface area contributed by atoms with E-state index in [-0.39, 0.29) is 36.9 Å². The van der Waals surface area contributed by atoms with Crippen LogP contribution in [0.3, 0.4) is 0 Å². The van der Waals surface area contributed by atoms with Crippen LogP contribution in [0.15, 0.2) is 60.7 Å². The maximum atomic E-state index is 13.0. The molecule has 0 saturated carbocycles. The zero-order valence-electron chi connectivity index (χ0n) is 19.9. The van der Waals surface area contributed by atoms with E-state index in [4.69, 9.17) is 4.74 Å². The van der Waals surface area contributed by atoms with E-state index < -0.39 is 23.4 Å². The number of fused-ring (bicyclic) bond motifs is 3. The first-order chi connectivity index (χ1) is 16.7. The molecule has 0 spiro atoms. The molecule has 2 aliphatic carbocycles. The first-order valence-electron chi connectivity index (χ1n) is 12.1. The van der Waals surface area contributed by atoms with Crippen LogP contribution in [0.1, 0.15) is 37.3 Å². The first-order valence-corrected chi connectivity index (χ1v) is 12.1. The van der Waals surface area contributed by atoms with Gasteiger partial charge in [0.25, 0.3) is 0 Å². The van der Waals surface area contributed by atoms with Gasteiger partial charge in [-0.25, -0.2) is 4.79 Å². The van der Waals surface area contributed by atoms with Crippen LogP contribution >= 0.6 is 0 Å². The van der Waals surface area contributed by atoms with Crippen LogP contribution in [0.4, 0.5) is 4.79 Å². The molecule has 2 N–H and O–H groups in total. The van der Waals surface area contributed by atoms with Crippen LogP contribution in [0.25, 0.3) is 11.1 Å². The van der Waals surface area contributed by atoms with Gasteiger partial charge in [0, 0.05) is 19.0 Å². The molecule has 1 saturated heterocycles. The number of alkyl carbamates (subject to hydrolysis) is 1. The van der Waals surface area contributed by atoms with Crippen molar-refractivity contribution in [1.82, 2.24) is 10.2 Å². The van der Waals surface area contributed by atoms with E-state index in [2.05, 4.69) is 29.6 Å². The fourth-order valence-corrected chi connectivity index (χ4v) is 5.73. The monoisotopic (exact) mass is 474 g/mol. The summed E-state index contributed by atoms with van der Waals surface area (Å²) in [5.74, 6) is -1.93. The maximum absolute atomic E-state index is 13.0. The molecule has 0 radical (unpaired) electrons. The van der Waals surface area contributed by atoms with Crippen molar-refractivity contribution in [3.8, 4) is 11.1 Å². The smallest absolute Gasteiger partial charge is 0.407 e. The average molecular weight is 475 g/mol. The molecule has 1 heterocycles. The number of carboxylic acid groups (broad SMARTS) is 1. The Bertz CT molecular complexity index is 1160. The molecular formula is C28H30N2O5. The number of hydrogen-bond acceptors (Lipinski definition) is 4. The summed E-state index contributed by atoms with van der Waals surface area (Å²) in [5, 5.41) is 12.3. The van der Waals surface area contributed by atoms with E-state index in [1.54, 1.807) is 11.0 Å². The van der Waals surface area contributed by atoms with Crippen LogP contribution in [0.5, 0.6) is 0 Å². The van der Waals surface area contributed by atoms with Crippen molar-refractivity contribution >= 4 is 18.0 Å². The van der Waals surface area contributed by atoms with Crippen molar-refractivity contribution in [3.63, 3.8) is 0 Å². The number of hydrogen-bond donors (Lipinski definition) is 2. The number of amides is 2. The Kier molecular flexibility index (Phi) is 5.87. The zero-order valence-corrected chi connectivity index (χ0v) is 19.9. The van der Waals surface area contributed by atoms with Gasteiger partial charge in [-0.05, 0) is 34.1 Å². The Labute approximate surface area is 204 Å². The Hall–Kier alpha value is -3.61. The van der Waals surface area contributed by atoms with E-state index in [1.165, 1.54) is 11.1 Å². The van der Waals surface area contributed by atoms with E-state index in [0.29, 0.717) is 13.0 Å². The highest BCUT2D eigenvalue weighted by atomic mass is 16.5. The van der Waals surface area contributed by atoms with E-state index >= 15 is 0 Å². The average Bonchev–Trinajstić information content (AvgIpc) is 3.51. The minimum atomic E-state index is -0.873. The van der Waals surface area contributed by atoms with Gasteiger partial charge in [-0.3, -0.25) is 9.59 Å². The number of carbonyl (C=O) groups is 3. The van der Waals surface area contributed by atoms with Gasteiger partial charge in [0.1, 0.15) is 6.61 Å². The molecule has 182 valence electrons. The van der Waals surface area contributed by atoms with Gasteiger partial charge in [-0.1, -0.05) is 74.5 Å². The normalized spacial score (nSPS) is 24.2. The lowest BCUT2D eigenvalue weighted by atomic mass is 9.82. The number of benzene rings is 2. The summed E-state index contributed by atoms with van der Waals surface area (Å²) in [6, 6.07) is 16.1. The van der Waals surface area contributed by atoms with E-state index in [1.807, 2.05) is 44.2 Å². The van der Waals surface area contributed by atoms with Gasteiger partial charge >= 0.3 is 12.1 Å². The first kappa shape index (κ1) is 23.1. The molecule has 5 rings (SSSR count). The fourth-order valence-electron chi connectivity index (χ4n) is 5.73. The standard InChI is InChI=1S/C28H30N2O5/c1-28(2)16-30(14-24(28)26(32)33)25(31)17-11-12-18(13-17)29-27(34)35-15-23-21-9-5-3-7-19(21)20-8-4-6-10-22(20)23/h3-12,17-18,23-24H,13-16H2,1-2H3,(H,29,34)(H,32,33). The molecule has 1 aliphatic heterocycles. The molecule has 3 aliphatic rings. The molecule has 0 aromatic heterocycles. The molecule has 35 heavy (non-hydrogen) atoms. The topological polar surface area (TPSA) is 95.9 Å². The Balaban J connectivity index is 1.15. The number of rotatable bonds is 5. The second kappa shape index (κ2) is 8.87.